The maximum Gasteiger partial charge on any atom is 0.319 e. The number of nitrogens with one attached hydrogen (secondary N) is 2. The molecule has 0 fully saturated rings. The maximum absolute atomic E-state index is 13.3. The summed E-state index contributed by atoms with van der Waals surface area (Å²) in [5.74, 6) is 0.139. The number of benzene rings is 1. The Hall–Kier alpha value is -2.41. The number of rotatable bonds is 5. The summed E-state index contributed by atoms with van der Waals surface area (Å²) < 4.78 is 18.4. The van der Waals surface area contributed by atoms with Crippen molar-refractivity contribution in [2.45, 2.75) is 33.4 Å². The van der Waals surface area contributed by atoms with E-state index in [0.717, 1.165) is 0 Å². The summed E-state index contributed by atoms with van der Waals surface area (Å²) in [5, 5.41) is 18.2. The van der Waals surface area contributed by atoms with Gasteiger partial charge in [-0.3, -0.25) is 0 Å². The van der Waals surface area contributed by atoms with Crippen molar-refractivity contribution in [2.75, 3.05) is 5.32 Å². The van der Waals surface area contributed by atoms with E-state index < -0.39 is 11.8 Å². The van der Waals surface area contributed by atoms with Crippen molar-refractivity contribution in [3.63, 3.8) is 0 Å². The highest BCUT2D eigenvalue weighted by atomic mass is 19.1. The van der Waals surface area contributed by atoms with Gasteiger partial charge in [0.25, 0.3) is 0 Å². The van der Waals surface area contributed by atoms with Gasteiger partial charge in [-0.2, -0.15) is 0 Å². The van der Waals surface area contributed by atoms with Crippen LogP contribution < -0.4 is 10.6 Å². The topological polar surface area (TPSA) is 87.4 Å². The average Bonchev–Trinajstić information content (AvgIpc) is 2.87. The van der Waals surface area contributed by atoms with Crippen LogP contribution in [0.1, 0.15) is 29.5 Å². The second-order valence-electron chi connectivity index (χ2n) is 4.81. The lowest BCUT2D eigenvalue weighted by molar-refractivity contribution is 0.251. The highest BCUT2D eigenvalue weighted by molar-refractivity contribution is 5.90. The molecular weight excluding hydrogens is 289 g/mol. The molecule has 2 rings (SSSR count). The number of hydrogen-bond acceptors (Lipinski definition) is 4. The molecule has 0 aliphatic rings. The van der Waals surface area contributed by atoms with Crippen LogP contribution in [0.2, 0.25) is 0 Å². The summed E-state index contributed by atoms with van der Waals surface area (Å²) in [4.78, 5) is 11.9. The molecule has 1 aromatic heterocycles. The lowest BCUT2D eigenvalue weighted by Gasteiger charge is -2.09. The molecule has 1 heterocycles. The van der Waals surface area contributed by atoms with Crippen LogP contribution in [0.25, 0.3) is 0 Å². The molecule has 1 aromatic carbocycles. The zero-order valence-corrected chi connectivity index (χ0v) is 12.4. The predicted molar refractivity (Wildman–Crippen MR) is 78.8 cm³/mol. The Morgan fingerprint density at radius 3 is 2.91 bits per heavy atom. The van der Waals surface area contributed by atoms with Gasteiger partial charge in [-0.05, 0) is 24.6 Å². The van der Waals surface area contributed by atoms with Gasteiger partial charge < -0.3 is 20.3 Å². The van der Waals surface area contributed by atoms with Gasteiger partial charge in [0.05, 0.1) is 6.61 Å². The zero-order chi connectivity index (χ0) is 16.1. The predicted octanol–water partition coefficient (Wildman–Crippen LogP) is 2.50. The normalized spacial score (nSPS) is 10.5. The van der Waals surface area contributed by atoms with E-state index in [0.29, 0.717) is 29.1 Å². The van der Waals surface area contributed by atoms with Crippen LogP contribution in [-0.4, -0.2) is 16.3 Å². The van der Waals surface area contributed by atoms with Gasteiger partial charge in [-0.15, -0.1) is 0 Å². The second kappa shape index (κ2) is 7.04. The molecule has 2 aromatic rings. The number of urea groups is 1. The van der Waals surface area contributed by atoms with Gasteiger partial charge in [0, 0.05) is 18.5 Å². The molecule has 0 saturated heterocycles. The Kier molecular flexibility index (Phi) is 5.11. The Balaban J connectivity index is 1.97. The largest absolute Gasteiger partial charge is 0.392 e. The van der Waals surface area contributed by atoms with Crippen molar-refractivity contribution >= 4 is 11.7 Å². The van der Waals surface area contributed by atoms with Crippen LogP contribution in [0.5, 0.6) is 0 Å². The highest BCUT2D eigenvalue weighted by Crippen LogP contribution is 2.20. The van der Waals surface area contributed by atoms with Gasteiger partial charge in [0.1, 0.15) is 17.2 Å². The number of halogens is 1. The number of aromatic nitrogens is 1. The summed E-state index contributed by atoms with van der Waals surface area (Å²) in [6.45, 7) is 3.47. The standard InChI is InChI=1S/C15H18FN3O3/c1-3-13-14(9(2)19-22-13)18-15(21)17-7-10-4-5-12(16)11(6-10)8-20/h4-6,20H,3,7-8H2,1-2H3,(H2,17,18,21). The van der Waals surface area contributed by atoms with Crippen LogP contribution in [-0.2, 0) is 19.6 Å². The maximum atomic E-state index is 13.3. The summed E-state index contributed by atoms with van der Waals surface area (Å²) in [6.07, 6.45) is 0.619. The van der Waals surface area contributed by atoms with Gasteiger partial charge in [-0.1, -0.05) is 18.1 Å². The van der Waals surface area contributed by atoms with E-state index in [-0.39, 0.29) is 18.7 Å². The van der Waals surface area contributed by atoms with Crippen molar-refractivity contribution < 1.29 is 18.8 Å². The van der Waals surface area contributed by atoms with E-state index in [1.807, 2.05) is 6.92 Å². The van der Waals surface area contributed by atoms with Crippen LogP contribution in [0.15, 0.2) is 22.7 Å². The molecule has 0 bridgehead atoms. The molecule has 0 unspecified atom stereocenters. The van der Waals surface area contributed by atoms with E-state index in [1.165, 1.54) is 12.1 Å². The number of aryl methyl sites for hydroxylation is 2. The first kappa shape index (κ1) is 16.0. The molecule has 6 nitrogen and oxygen atoms in total. The van der Waals surface area contributed by atoms with E-state index in [9.17, 15) is 9.18 Å². The summed E-state index contributed by atoms with van der Waals surface area (Å²) in [6, 6.07) is 3.92. The first-order chi connectivity index (χ1) is 10.5. The fraction of sp³-hybridized carbons (Fsp3) is 0.333. The molecule has 2 amide bonds. The number of nitrogens with zero attached hydrogens (tertiary/aromatic N) is 1. The van der Waals surface area contributed by atoms with Crippen molar-refractivity contribution in [3.8, 4) is 0 Å². The average molecular weight is 307 g/mol. The molecule has 0 radical (unpaired) electrons. The first-order valence-electron chi connectivity index (χ1n) is 6.93. The van der Waals surface area contributed by atoms with Crippen LogP contribution in [0.3, 0.4) is 0 Å². The SMILES string of the molecule is CCc1onc(C)c1NC(=O)NCc1ccc(F)c(CO)c1. The molecule has 0 spiro atoms. The molecule has 0 aliphatic carbocycles. The summed E-state index contributed by atoms with van der Waals surface area (Å²) in [7, 11) is 0. The van der Waals surface area contributed by atoms with Crippen LogP contribution in [0.4, 0.5) is 14.9 Å². The Morgan fingerprint density at radius 1 is 1.45 bits per heavy atom. The Morgan fingerprint density at radius 2 is 2.23 bits per heavy atom. The van der Waals surface area contributed by atoms with Gasteiger partial charge >= 0.3 is 6.03 Å². The fourth-order valence-electron chi connectivity index (χ4n) is 2.02. The number of anilines is 1. The number of hydrogen-bond donors (Lipinski definition) is 3. The Labute approximate surface area is 127 Å². The van der Waals surface area contributed by atoms with Gasteiger partial charge in [0.15, 0.2) is 5.76 Å². The molecule has 0 atom stereocenters. The summed E-state index contributed by atoms with van der Waals surface area (Å²) >= 11 is 0. The molecule has 0 aliphatic heterocycles. The number of carbonyl (C=O) groups is 1. The number of aliphatic hydroxyl groups is 1. The lowest BCUT2D eigenvalue weighted by Crippen LogP contribution is -2.28. The minimum Gasteiger partial charge on any atom is -0.392 e. The Bertz CT molecular complexity index is 670. The smallest absolute Gasteiger partial charge is 0.319 e. The monoisotopic (exact) mass is 307 g/mol. The van der Waals surface area contributed by atoms with Crippen molar-refractivity contribution in [3.05, 3.63) is 46.6 Å². The first-order valence-corrected chi connectivity index (χ1v) is 6.93. The third-order valence-electron chi connectivity index (χ3n) is 3.23. The molecule has 0 saturated carbocycles. The number of amides is 2. The van der Waals surface area contributed by atoms with Crippen LogP contribution in [0, 0.1) is 12.7 Å². The fourth-order valence-corrected chi connectivity index (χ4v) is 2.02. The van der Waals surface area contributed by atoms with E-state index >= 15 is 0 Å². The van der Waals surface area contributed by atoms with Crippen molar-refractivity contribution in [2.24, 2.45) is 0 Å². The van der Waals surface area contributed by atoms with Gasteiger partial charge in [0.2, 0.25) is 0 Å². The highest BCUT2D eigenvalue weighted by Gasteiger charge is 2.14. The third kappa shape index (κ3) is 3.62. The summed E-state index contributed by atoms with van der Waals surface area (Å²) in [5.41, 5.74) is 2.06. The van der Waals surface area contributed by atoms with E-state index in [4.69, 9.17) is 9.63 Å². The van der Waals surface area contributed by atoms with Crippen molar-refractivity contribution in [1.82, 2.24) is 10.5 Å². The van der Waals surface area contributed by atoms with E-state index in [2.05, 4.69) is 15.8 Å². The van der Waals surface area contributed by atoms with E-state index in [1.54, 1.807) is 13.0 Å². The molecule has 3 N–H and O–H groups in total. The quantitative estimate of drug-likeness (QED) is 0.792. The van der Waals surface area contributed by atoms with Gasteiger partial charge in [-0.25, -0.2) is 9.18 Å². The molecular formula is C15H18FN3O3. The van der Waals surface area contributed by atoms with Crippen molar-refractivity contribution in [1.29, 1.82) is 0 Å². The third-order valence-corrected chi connectivity index (χ3v) is 3.23. The second-order valence-corrected chi connectivity index (χ2v) is 4.81. The number of aliphatic hydroxyl groups excluding tert-OH is 1. The molecule has 7 heteroatoms. The minimum absolute atomic E-state index is 0.197. The van der Waals surface area contributed by atoms with Crippen LogP contribution >= 0.6 is 0 Å². The number of carbonyl (C=O) groups excluding carboxylic acids is 1. The zero-order valence-electron chi connectivity index (χ0n) is 12.4. The molecule has 118 valence electrons. The minimum atomic E-state index is -0.469. The molecule has 22 heavy (non-hydrogen) atoms. The lowest BCUT2D eigenvalue weighted by atomic mass is 10.1.